The highest BCUT2D eigenvalue weighted by Crippen LogP contribution is 2.12. The summed E-state index contributed by atoms with van der Waals surface area (Å²) in [7, 11) is 1.62. The van der Waals surface area contributed by atoms with Crippen molar-refractivity contribution in [1.29, 1.82) is 0 Å². The Morgan fingerprint density at radius 2 is 2.05 bits per heavy atom. The lowest BCUT2D eigenvalue weighted by atomic mass is 10.0. The Labute approximate surface area is 111 Å². The van der Waals surface area contributed by atoms with Gasteiger partial charge in [0.2, 0.25) is 5.91 Å². The highest BCUT2D eigenvalue weighted by atomic mass is 16.2. The molecule has 7 heteroatoms. The van der Waals surface area contributed by atoms with E-state index >= 15 is 0 Å². The molecule has 0 radical (unpaired) electrons. The Bertz CT molecular complexity index is 591. The topological polar surface area (TPSA) is 84.2 Å². The molecule has 1 unspecified atom stereocenters. The monoisotopic (exact) mass is 262 g/mol. The zero-order valence-electron chi connectivity index (χ0n) is 11.5. The first kappa shape index (κ1) is 13.3. The molecule has 0 aliphatic carbocycles. The lowest BCUT2D eigenvalue weighted by Crippen LogP contribution is -2.41. The van der Waals surface area contributed by atoms with Crippen LogP contribution in [-0.2, 0) is 4.79 Å². The molecule has 7 nitrogen and oxygen atoms in total. The van der Waals surface area contributed by atoms with Crippen LogP contribution in [0, 0.1) is 12.8 Å². The first-order valence-corrected chi connectivity index (χ1v) is 6.20. The number of amides is 1. The van der Waals surface area contributed by atoms with Crippen LogP contribution in [-0.4, -0.2) is 38.8 Å². The third-order valence-corrected chi connectivity index (χ3v) is 2.92. The molecule has 2 aromatic heterocycles. The van der Waals surface area contributed by atoms with Crippen LogP contribution in [0.4, 0.5) is 5.82 Å². The Morgan fingerprint density at radius 1 is 1.32 bits per heavy atom. The summed E-state index contributed by atoms with van der Waals surface area (Å²) >= 11 is 0. The second-order valence-electron chi connectivity index (χ2n) is 4.72. The summed E-state index contributed by atoms with van der Waals surface area (Å²) in [6.45, 7) is 5.79. The summed E-state index contributed by atoms with van der Waals surface area (Å²) in [5.41, 5.74) is 0.684. The fraction of sp³-hybridized carbons (Fsp3) is 0.500. The number of likely N-dealkylation sites (N-methyl/N-ethyl adjacent to an activating group) is 1. The van der Waals surface area contributed by atoms with Crippen molar-refractivity contribution in [3.05, 3.63) is 18.0 Å². The van der Waals surface area contributed by atoms with E-state index in [0.29, 0.717) is 17.3 Å². The number of nitrogens with zero attached hydrogens (tertiary/aromatic N) is 4. The van der Waals surface area contributed by atoms with Crippen LogP contribution in [0.2, 0.25) is 0 Å². The molecule has 1 atom stereocenters. The largest absolute Gasteiger partial charge is 0.357 e. The maximum atomic E-state index is 11.8. The summed E-state index contributed by atoms with van der Waals surface area (Å²) in [5, 5.41) is 18.1. The van der Waals surface area contributed by atoms with E-state index < -0.39 is 0 Å². The molecule has 0 spiro atoms. The van der Waals surface area contributed by atoms with E-state index in [2.05, 4.69) is 25.9 Å². The zero-order valence-corrected chi connectivity index (χ0v) is 11.5. The molecular formula is C12H18N6O. The van der Waals surface area contributed by atoms with Gasteiger partial charge in [-0.1, -0.05) is 13.8 Å². The average Bonchev–Trinajstić information content (AvgIpc) is 2.76. The Kier molecular flexibility index (Phi) is 3.64. The van der Waals surface area contributed by atoms with Crippen molar-refractivity contribution < 1.29 is 4.79 Å². The van der Waals surface area contributed by atoms with Crippen LogP contribution >= 0.6 is 0 Å². The Hall–Kier alpha value is -2.18. The highest BCUT2D eigenvalue weighted by molar-refractivity contribution is 5.84. The molecule has 1 amide bonds. The van der Waals surface area contributed by atoms with Crippen molar-refractivity contribution in [3.63, 3.8) is 0 Å². The van der Waals surface area contributed by atoms with Crippen LogP contribution in [0.3, 0.4) is 0 Å². The Morgan fingerprint density at radius 3 is 2.68 bits per heavy atom. The average molecular weight is 262 g/mol. The summed E-state index contributed by atoms with van der Waals surface area (Å²) in [5.74, 6) is 1.43. The van der Waals surface area contributed by atoms with E-state index in [0.717, 1.165) is 0 Å². The minimum atomic E-state index is -0.327. The lowest BCUT2D eigenvalue weighted by Gasteiger charge is -2.21. The smallest absolute Gasteiger partial charge is 0.242 e. The van der Waals surface area contributed by atoms with Crippen molar-refractivity contribution in [2.24, 2.45) is 5.92 Å². The molecule has 19 heavy (non-hydrogen) atoms. The van der Waals surface area contributed by atoms with Crippen molar-refractivity contribution in [1.82, 2.24) is 25.1 Å². The quantitative estimate of drug-likeness (QED) is 0.843. The SMILES string of the molecule is CNC(=O)C(Nc1ccc2nnc(C)n2n1)C(C)C. The van der Waals surface area contributed by atoms with E-state index in [4.69, 9.17) is 0 Å². The number of anilines is 1. The molecule has 0 fully saturated rings. The fourth-order valence-electron chi connectivity index (χ4n) is 1.82. The minimum absolute atomic E-state index is 0.0580. The van der Waals surface area contributed by atoms with Gasteiger partial charge in [0.1, 0.15) is 11.9 Å². The number of nitrogens with one attached hydrogen (secondary N) is 2. The number of aryl methyl sites for hydroxylation is 1. The number of carbonyl (C=O) groups is 1. The number of fused-ring (bicyclic) bond motifs is 1. The van der Waals surface area contributed by atoms with Gasteiger partial charge in [0, 0.05) is 7.05 Å². The third-order valence-electron chi connectivity index (χ3n) is 2.92. The van der Waals surface area contributed by atoms with Gasteiger partial charge in [-0.05, 0) is 25.0 Å². The molecule has 0 bridgehead atoms. The summed E-state index contributed by atoms with van der Waals surface area (Å²) in [6.07, 6.45) is 0. The molecule has 102 valence electrons. The number of rotatable bonds is 4. The van der Waals surface area contributed by atoms with Gasteiger partial charge >= 0.3 is 0 Å². The molecule has 0 saturated carbocycles. The molecule has 2 rings (SSSR count). The van der Waals surface area contributed by atoms with E-state index in [-0.39, 0.29) is 17.9 Å². The second kappa shape index (κ2) is 5.21. The molecule has 0 aromatic carbocycles. The molecule has 0 aliphatic rings. The molecule has 0 aliphatic heterocycles. The van der Waals surface area contributed by atoms with Crippen LogP contribution < -0.4 is 10.6 Å². The van der Waals surface area contributed by atoms with Gasteiger partial charge < -0.3 is 10.6 Å². The van der Waals surface area contributed by atoms with Crippen molar-refractivity contribution in [2.75, 3.05) is 12.4 Å². The van der Waals surface area contributed by atoms with Crippen LogP contribution in [0.5, 0.6) is 0 Å². The number of carbonyl (C=O) groups excluding carboxylic acids is 1. The molecule has 2 aromatic rings. The molecule has 2 N–H and O–H groups in total. The van der Waals surface area contributed by atoms with Gasteiger partial charge in [0.15, 0.2) is 11.5 Å². The van der Waals surface area contributed by atoms with E-state index in [1.807, 2.05) is 26.8 Å². The van der Waals surface area contributed by atoms with E-state index in [1.165, 1.54) is 0 Å². The predicted octanol–water partition coefficient (Wildman–Crippen LogP) is 0.615. The zero-order chi connectivity index (χ0) is 14.0. The van der Waals surface area contributed by atoms with Crippen LogP contribution in [0.15, 0.2) is 12.1 Å². The van der Waals surface area contributed by atoms with Crippen molar-refractivity contribution in [3.8, 4) is 0 Å². The fourth-order valence-corrected chi connectivity index (χ4v) is 1.82. The maximum absolute atomic E-state index is 11.8. The van der Waals surface area contributed by atoms with Gasteiger partial charge in [-0.3, -0.25) is 4.79 Å². The number of aromatic nitrogens is 4. The summed E-state index contributed by atoms with van der Waals surface area (Å²) in [6, 6.07) is 3.28. The van der Waals surface area contributed by atoms with Crippen LogP contribution in [0.25, 0.3) is 5.65 Å². The van der Waals surface area contributed by atoms with Gasteiger partial charge in [-0.25, -0.2) is 0 Å². The summed E-state index contributed by atoms with van der Waals surface area (Å²) in [4.78, 5) is 11.8. The standard InChI is InChI=1S/C12H18N6O/c1-7(2)11(12(19)13-4)14-9-5-6-10-16-15-8(3)18(10)17-9/h5-7,11H,1-4H3,(H,13,19)(H,14,17). The molecule has 0 saturated heterocycles. The number of hydrogen-bond donors (Lipinski definition) is 2. The normalized spacial score (nSPS) is 12.7. The number of hydrogen-bond acceptors (Lipinski definition) is 5. The van der Waals surface area contributed by atoms with E-state index in [9.17, 15) is 4.79 Å². The molecular weight excluding hydrogens is 244 g/mol. The predicted molar refractivity (Wildman–Crippen MR) is 71.8 cm³/mol. The Balaban J connectivity index is 2.28. The highest BCUT2D eigenvalue weighted by Gasteiger charge is 2.21. The minimum Gasteiger partial charge on any atom is -0.357 e. The van der Waals surface area contributed by atoms with Gasteiger partial charge in [-0.15, -0.1) is 15.3 Å². The van der Waals surface area contributed by atoms with Crippen LogP contribution in [0.1, 0.15) is 19.7 Å². The third kappa shape index (κ3) is 2.64. The van der Waals surface area contributed by atoms with E-state index in [1.54, 1.807) is 17.6 Å². The van der Waals surface area contributed by atoms with Gasteiger partial charge in [0.05, 0.1) is 0 Å². The lowest BCUT2D eigenvalue weighted by molar-refractivity contribution is -0.122. The second-order valence-corrected chi connectivity index (χ2v) is 4.72. The van der Waals surface area contributed by atoms with Gasteiger partial charge in [-0.2, -0.15) is 4.52 Å². The van der Waals surface area contributed by atoms with Crippen molar-refractivity contribution >= 4 is 17.4 Å². The first-order valence-electron chi connectivity index (χ1n) is 6.20. The summed E-state index contributed by atoms with van der Waals surface area (Å²) < 4.78 is 1.64. The molecule has 2 heterocycles. The first-order chi connectivity index (χ1) is 9.02. The maximum Gasteiger partial charge on any atom is 0.242 e. The van der Waals surface area contributed by atoms with Gasteiger partial charge in [0.25, 0.3) is 0 Å². The van der Waals surface area contributed by atoms with Crippen molar-refractivity contribution in [2.45, 2.75) is 26.8 Å².